The fourth-order valence-electron chi connectivity index (χ4n) is 1.51. The second kappa shape index (κ2) is 5.01. The van der Waals surface area contributed by atoms with Gasteiger partial charge in [-0.05, 0) is 38.0 Å². The molecule has 16 heavy (non-hydrogen) atoms. The molecule has 1 aromatic carbocycles. The van der Waals surface area contributed by atoms with Crippen LogP contribution in [0, 0.1) is 0 Å². The van der Waals surface area contributed by atoms with Gasteiger partial charge in [0.25, 0.3) is 0 Å². The average molecular weight is 222 g/mol. The molecule has 1 rings (SSSR count). The van der Waals surface area contributed by atoms with Crippen LogP contribution in [0.25, 0.3) is 0 Å². The Kier molecular flexibility index (Phi) is 3.93. The predicted octanol–water partition coefficient (Wildman–Crippen LogP) is 2.88. The van der Waals surface area contributed by atoms with Crippen LogP contribution in [0.4, 0.5) is 0 Å². The number of ether oxygens (including phenoxy) is 1. The number of hydrogen-bond acceptors (Lipinski definition) is 2. The topological polar surface area (TPSA) is 46.5 Å². The Morgan fingerprint density at radius 3 is 2.31 bits per heavy atom. The monoisotopic (exact) mass is 222 g/mol. The number of aryl methyl sites for hydroxylation is 1. The number of carboxylic acid groups (broad SMARTS) is 1. The number of benzene rings is 1. The smallest absolute Gasteiger partial charge is 0.307 e. The lowest BCUT2D eigenvalue weighted by molar-refractivity contribution is -0.140. The third-order valence-corrected chi connectivity index (χ3v) is 2.30. The normalized spacial score (nSPS) is 11.2. The minimum absolute atomic E-state index is 0.0114. The average Bonchev–Trinajstić information content (AvgIpc) is 2.16. The largest absolute Gasteiger partial charge is 0.487 e. The summed E-state index contributed by atoms with van der Waals surface area (Å²) >= 11 is 0. The molecule has 0 aliphatic rings. The van der Waals surface area contributed by atoms with Crippen LogP contribution in [0.3, 0.4) is 0 Å². The van der Waals surface area contributed by atoms with Crippen LogP contribution in [0.5, 0.6) is 5.75 Å². The van der Waals surface area contributed by atoms with Gasteiger partial charge in [-0.15, -0.1) is 0 Å². The molecule has 0 bridgehead atoms. The second-order valence-corrected chi connectivity index (χ2v) is 4.43. The molecule has 0 atom stereocenters. The second-order valence-electron chi connectivity index (χ2n) is 4.43. The zero-order valence-corrected chi connectivity index (χ0v) is 9.99. The Hall–Kier alpha value is -1.51. The van der Waals surface area contributed by atoms with E-state index in [1.807, 2.05) is 24.3 Å². The van der Waals surface area contributed by atoms with E-state index in [4.69, 9.17) is 9.84 Å². The minimum Gasteiger partial charge on any atom is -0.487 e. The van der Waals surface area contributed by atoms with Gasteiger partial charge >= 0.3 is 5.97 Å². The summed E-state index contributed by atoms with van der Waals surface area (Å²) in [6, 6.07) is 7.74. The molecule has 0 aromatic heterocycles. The molecule has 0 spiro atoms. The van der Waals surface area contributed by atoms with Crippen LogP contribution in [-0.2, 0) is 11.2 Å². The first-order chi connectivity index (χ1) is 7.43. The van der Waals surface area contributed by atoms with Crippen molar-refractivity contribution in [3.05, 3.63) is 29.8 Å². The molecule has 0 radical (unpaired) electrons. The minimum atomic E-state index is -0.852. The number of hydrogen-bond donors (Lipinski definition) is 1. The molecule has 0 unspecified atom stereocenters. The van der Waals surface area contributed by atoms with Crippen LogP contribution in [-0.4, -0.2) is 16.7 Å². The van der Waals surface area contributed by atoms with Gasteiger partial charge < -0.3 is 9.84 Å². The van der Waals surface area contributed by atoms with E-state index in [-0.39, 0.29) is 6.42 Å². The Morgan fingerprint density at radius 2 is 1.88 bits per heavy atom. The third-order valence-electron chi connectivity index (χ3n) is 2.30. The molecule has 0 heterocycles. The van der Waals surface area contributed by atoms with Gasteiger partial charge in [-0.25, -0.2) is 0 Å². The van der Waals surface area contributed by atoms with E-state index >= 15 is 0 Å². The lowest BCUT2D eigenvalue weighted by atomic mass is 10.1. The summed E-state index contributed by atoms with van der Waals surface area (Å²) in [5, 5.41) is 8.73. The van der Waals surface area contributed by atoms with Crippen LogP contribution < -0.4 is 4.74 Å². The molecule has 3 heteroatoms. The number of aliphatic carboxylic acids is 1. The molecule has 0 saturated heterocycles. The van der Waals surface area contributed by atoms with Crippen molar-refractivity contribution in [1.82, 2.24) is 0 Å². The standard InChI is InChI=1S/C13H18O3/c1-4-10-5-7-11(8-6-10)16-13(2,3)9-12(14)15/h5-8H,4,9H2,1-3H3,(H,14,15). The summed E-state index contributed by atoms with van der Waals surface area (Å²) in [5.74, 6) is -0.140. The highest BCUT2D eigenvalue weighted by atomic mass is 16.5. The van der Waals surface area contributed by atoms with Crippen molar-refractivity contribution in [1.29, 1.82) is 0 Å². The van der Waals surface area contributed by atoms with E-state index in [0.29, 0.717) is 5.75 Å². The highest BCUT2D eigenvalue weighted by Gasteiger charge is 2.23. The van der Waals surface area contributed by atoms with Gasteiger partial charge in [-0.3, -0.25) is 4.79 Å². The van der Waals surface area contributed by atoms with Crippen LogP contribution in [0.1, 0.15) is 32.8 Å². The lowest BCUT2D eigenvalue weighted by Gasteiger charge is -2.24. The van der Waals surface area contributed by atoms with E-state index in [2.05, 4.69) is 6.92 Å². The van der Waals surface area contributed by atoms with Crippen molar-refractivity contribution in [2.75, 3.05) is 0 Å². The molecule has 0 fully saturated rings. The molecule has 3 nitrogen and oxygen atoms in total. The van der Waals surface area contributed by atoms with Gasteiger partial charge in [0.05, 0.1) is 6.42 Å². The summed E-state index contributed by atoms with van der Waals surface area (Å²) in [5.41, 5.74) is 0.558. The highest BCUT2D eigenvalue weighted by molar-refractivity contribution is 5.68. The summed E-state index contributed by atoms with van der Waals surface area (Å²) in [7, 11) is 0. The molecule has 0 amide bonds. The molecule has 0 aliphatic carbocycles. The fourth-order valence-corrected chi connectivity index (χ4v) is 1.51. The summed E-state index contributed by atoms with van der Waals surface area (Å²) in [6.45, 7) is 5.63. The van der Waals surface area contributed by atoms with Gasteiger partial charge in [0.2, 0.25) is 0 Å². The zero-order chi connectivity index (χ0) is 12.2. The number of carbonyl (C=O) groups is 1. The molecule has 1 aromatic rings. The summed E-state index contributed by atoms with van der Waals surface area (Å²) in [6.07, 6.45) is 0.974. The van der Waals surface area contributed by atoms with E-state index in [9.17, 15) is 4.79 Å². The van der Waals surface area contributed by atoms with E-state index in [1.165, 1.54) is 5.56 Å². The highest BCUT2D eigenvalue weighted by Crippen LogP contribution is 2.21. The van der Waals surface area contributed by atoms with E-state index in [0.717, 1.165) is 6.42 Å². The molecular weight excluding hydrogens is 204 g/mol. The molecule has 88 valence electrons. The summed E-state index contributed by atoms with van der Waals surface area (Å²) in [4.78, 5) is 10.6. The van der Waals surface area contributed by atoms with Crippen LogP contribution >= 0.6 is 0 Å². The molecule has 1 N–H and O–H groups in total. The molecular formula is C13H18O3. The van der Waals surface area contributed by atoms with E-state index in [1.54, 1.807) is 13.8 Å². The van der Waals surface area contributed by atoms with Gasteiger partial charge in [-0.2, -0.15) is 0 Å². The Bertz CT molecular complexity index is 352. The third kappa shape index (κ3) is 3.93. The maximum absolute atomic E-state index is 10.6. The number of carboxylic acids is 1. The maximum Gasteiger partial charge on any atom is 0.307 e. The maximum atomic E-state index is 10.6. The predicted molar refractivity (Wildman–Crippen MR) is 62.8 cm³/mol. The Labute approximate surface area is 96.1 Å². The lowest BCUT2D eigenvalue weighted by Crippen LogP contribution is -2.31. The summed E-state index contributed by atoms with van der Waals surface area (Å²) < 4.78 is 5.63. The first-order valence-corrected chi connectivity index (χ1v) is 5.43. The fraction of sp³-hybridized carbons (Fsp3) is 0.462. The first kappa shape index (κ1) is 12.6. The van der Waals surface area contributed by atoms with Gasteiger partial charge in [0, 0.05) is 0 Å². The van der Waals surface area contributed by atoms with Crippen molar-refractivity contribution < 1.29 is 14.6 Å². The zero-order valence-electron chi connectivity index (χ0n) is 9.99. The van der Waals surface area contributed by atoms with Gasteiger partial charge in [-0.1, -0.05) is 19.1 Å². The Morgan fingerprint density at radius 1 is 1.31 bits per heavy atom. The van der Waals surface area contributed by atoms with Crippen molar-refractivity contribution in [2.45, 2.75) is 39.2 Å². The van der Waals surface area contributed by atoms with Crippen LogP contribution in [0.15, 0.2) is 24.3 Å². The van der Waals surface area contributed by atoms with Gasteiger partial charge in [0.15, 0.2) is 0 Å². The van der Waals surface area contributed by atoms with Gasteiger partial charge in [0.1, 0.15) is 11.4 Å². The van der Waals surface area contributed by atoms with Crippen molar-refractivity contribution in [3.63, 3.8) is 0 Å². The van der Waals surface area contributed by atoms with Crippen molar-refractivity contribution >= 4 is 5.97 Å². The van der Waals surface area contributed by atoms with Crippen molar-refractivity contribution in [3.8, 4) is 5.75 Å². The van der Waals surface area contributed by atoms with E-state index < -0.39 is 11.6 Å². The Balaban J connectivity index is 2.68. The van der Waals surface area contributed by atoms with Crippen LogP contribution in [0.2, 0.25) is 0 Å². The first-order valence-electron chi connectivity index (χ1n) is 5.43. The number of rotatable bonds is 5. The quantitative estimate of drug-likeness (QED) is 0.833. The molecule has 0 saturated carbocycles. The molecule has 0 aliphatic heterocycles. The van der Waals surface area contributed by atoms with Crippen molar-refractivity contribution in [2.24, 2.45) is 0 Å². The SMILES string of the molecule is CCc1ccc(OC(C)(C)CC(=O)O)cc1.